The van der Waals surface area contributed by atoms with Crippen LogP contribution in [0.5, 0.6) is 5.75 Å². The summed E-state index contributed by atoms with van der Waals surface area (Å²) in [6.07, 6.45) is 6.84. The number of carbonyl (C=O) groups is 2. The first-order valence-electron chi connectivity index (χ1n) is 10.6. The van der Waals surface area contributed by atoms with E-state index in [0.717, 1.165) is 35.7 Å². The first-order valence-corrected chi connectivity index (χ1v) is 10.6. The van der Waals surface area contributed by atoms with E-state index in [0.29, 0.717) is 24.4 Å². The number of amides is 2. The molecule has 3 aromatic rings. The second-order valence-corrected chi connectivity index (χ2v) is 7.78. The summed E-state index contributed by atoms with van der Waals surface area (Å²) in [4.78, 5) is 28.3. The maximum Gasteiger partial charge on any atom is 0.270 e. The van der Waals surface area contributed by atoms with Gasteiger partial charge in [-0.05, 0) is 43.5 Å². The van der Waals surface area contributed by atoms with Crippen LogP contribution in [0.25, 0.3) is 17.0 Å². The third-order valence-corrected chi connectivity index (χ3v) is 5.70. The van der Waals surface area contributed by atoms with E-state index in [2.05, 4.69) is 5.32 Å². The topological polar surface area (TPSA) is 63.6 Å². The first kappa shape index (κ1) is 20.7. The van der Waals surface area contributed by atoms with Crippen molar-refractivity contribution in [1.29, 1.82) is 0 Å². The number of carbonyl (C=O) groups excluding carboxylic acids is 2. The summed E-state index contributed by atoms with van der Waals surface area (Å²) < 4.78 is 7.35. The zero-order valence-corrected chi connectivity index (χ0v) is 17.9. The highest BCUT2D eigenvalue weighted by Gasteiger charge is 2.24. The van der Waals surface area contributed by atoms with Gasteiger partial charge in [0.25, 0.3) is 11.8 Å². The molecule has 4 rings (SSSR count). The Morgan fingerprint density at radius 1 is 1.00 bits per heavy atom. The van der Waals surface area contributed by atoms with Gasteiger partial charge in [-0.1, -0.05) is 30.3 Å². The SMILES string of the molecule is COc1ccccc1C(=O)NC(=Cc1cn(C)c2ccccc12)C(=O)N1CCCCC1. The quantitative estimate of drug-likeness (QED) is 0.639. The number of nitrogens with zero attached hydrogens (tertiary/aromatic N) is 2. The molecule has 0 saturated carbocycles. The number of likely N-dealkylation sites (tertiary alicyclic amines) is 1. The standard InChI is InChI=1S/C25H27N3O3/c1-27-17-18(19-10-4-6-12-22(19)27)16-21(25(30)28-14-8-3-9-15-28)26-24(29)20-11-5-7-13-23(20)31-2/h4-7,10-13,16-17H,3,8-9,14-15H2,1-2H3,(H,26,29). The first-order chi connectivity index (χ1) is 15.1. The molecule has 1 saturated heterocycles. The molecule has 2 heterocycles. The van der Waals surface area contributed by atoms with Crippen LogP contribution in [-0.2, 0) is 11.8 Å². The van der Waals surface area contributed by atoms with E-state index in [-0.39, 0.29) is 17.5 Å². The molecule has 2 amide bonds. The van der Waals surface area contributed by atoms with Gasteiger partial charge in [-0.3, -0.25) is 9.59 Å². The van der Waals surface area contributed by atoms with Crippen LogP contribution in [0, 0.1) is 0 Å². The lowest BCUT2D eigenvalue weighted by molar-refractivity contribution is -0.128. The molecule has 1 N–H and O–H groups in total. The predicted octanol–water partition coefficient (Wildman–Crippen LogP) is 3.97. The minimum atomic E-state index is -0.366. The Hall–Kier alpha value is -3.54. The Morgan fingerprint density at radius 3 is 2.48 bits per heavy atom. The molecule has 0 atom stereocenters. The lowest BCUT2D eigenvalue weighted by Crippen LogP contribution is -2.41. The van der Waals surface area contributed by atoms with E-state index in [1.165, 1.54) is 7.11 Å². The smallest absolute Gasteiger partial charge is 0.270 e. The summed E-state index contributed by atoms with van der Waals surface area (Å²) in [5.74, 6) is -0.0555. The molecule has 160 valence electrons. The van der Waals surface area contributed by atoms with E-state index in [1.807, 2.05) is 47.0 Å². The number of benzene rings is 2. The number of methoxy groups -OCH3 is 1. The van der Waals surface area contributed by atoms with Crippen molar-refractivity contribution < 1.29 is 14.3 Å². The van der Waals surface area contributed by atoms with E-state index in [1.54, 1.807) is 30.3 Å². The molecule has 6 nitrogen and oxygen atoms in total. The van der Waals surface area contributed by atoms with E-state index >= 15 is 0 Å². The van der Waals surface area contributed by atoms with Crippen molar-refractivity contribution in [1.82, 2.24) is 14.8 Å². The number of para-hydroxylation sites is 2. The van der Waals surface area contributed by atoms with Crippen LogP contribution >= 0.6 is 0 Å². The Morgan fingerprint density at radius 2 is 1.71 bits per heavy atom. The fourth-order valence-electron chi connectivity index (χ4n) is 4.08. The number of hydrogen-bond acceptors (Lipinski definition) is 3. The van der Waals surface area contributed by atoms with Crippen LogP contribution in [0.3, 0.4) is 0 Å². The Balaban J connectivity index is 1.73. The number of ether oxygens (including phenoxy) is 1. The van der Waals surface area contributed by atoms with Gasteiger partial charge < -0.3 is 19.5 Å². The largest absolute Gasteiger partial charge is 0.496 e. The van der Waals surface area contributed by atoms with E-state index < -0.39 is 0 Å². The third-order valence-electron chi connectivity index (χ3n) is 5.70. The maximum atomic E-state index is 13.4. The third kappa shape index (κ3) is 4.33. The molecular weight excluding hydrogens is 390 g/mol. The molecule has 1 aliphatic heterocycles. The summed E-state index contributed by atoms with van der Waals surface area (Å²) in [6.45, 7) is 1.41. The molecule has 0 radical (unpaired) electrons. The number of piperidine rings is 1. The molecule has 6 heteroatoms. The van der Waals surface area contributed by atoms with Crippen LogP contribution in [-0.4, -0.2) is 41.5 Å². The number of aromatic nitrogens is 1. The minimum absolute atomic E-state index is 0.157. The fraction of sp³-hybridized carbons (Fsp3) is 0.280. The summed E-state index contributed by atoms with van der Waals surface area (Å²) in [7, 11) is 3.50. The van der Waals surface area contributed by atoms with Gasteiger partial charge in [0.2, 0.25) is 0 Å². The van der Waals surface area contributed by atoms with Crippen molar-refractivity contribution in [3.05, 3.63) is 71.6 Å². The Bertz CT molecular complexity index is 1140. The minimum Gasteiger partial charge on any atom is -0.496 e. The van der Waals surface area contributed by atoms with Gasteiger partial charge in [-0.25, -0.2) is 0 Å². The number of aryl methyl sites for hydroxylation is 1. The molecule has 31 heavy (non-hydrogen) atoms. The number of nitrogens with one attached hydrogen (secondary N) is 1. The van der Waals surface area contributed by atoms with Crippen molar-refractivity contribution in [3.8, 4) is 5.75 Å². The van der Waals surface area contributed by atoms with Crippen molar-refractivity contribution in [2.45, 2.75) is 19.3 Å². The van der Waals surface area contributed by atoms with Gasteiger partial charge in [0.1, 0.15) is 11.4 Å². The van der Waals surface area contributed by atoms with Crippen LogP contribution < -0.4 is 10.1 Å². The molecule has 0 unspecified atom stereocenters. The van der Waals surface area contributed by atoms with Crippen LogP contribution in [0.1, 0.15) is 35.2 Å². The van der Waals surface area contributed by atoms with Crippen LogP contribution in [0.4, 0.5) is 0 Å². The van der Waals surface area contributed by atoms with Crippen molar-refractivity contribution in [3.63, 3.8) is 0 Å². The molecular formula is C25H27N3O3. The number of fused-ring (bicyclic) bond motifs is 1. The van der Waals surface area contributed by atoms with Gasteiger partial charge in [0, 0.05) is 42.8 Å². The van der Waals surface area contributed by atoms with Crippen LogP contribution in [0.15, 0.2) is 60.4 Å². The van der Waals surface area contributed by atoms with Gasteiger partial charge >= 0.3 is 0 Å². The van der Waals surface area contributed by atoms with Crippen molar-refractivity contribution >= 4 is 28.8 Å². The van der Waals surface area contributed by atoms with Gasteiger partial charge in [-0.15, -0.1) is 0 Å². The van der Waals surface area contributed by atoms with E-state index in [4.69, 9.17) is 4.74 Å². The molecule has 1 aromatic heterocycles. The average Bonchev–Trinajstić information content (AvgIpc) is 3.14. The number of hydrogen-bond donors (Lipinski definition) is 1. The van der Waals surface area contributed by atoms with Crippen molar-refractivity contribution in [2.75, 3.05) is 20.2 Å². The van der Waals surface area contributed by atoms with E-state index in [9.17, 15) is 9.59 Å². The molecule has 0 aliphatic carbocycles. The summed E-state index contributed by atoms with van der Waals surface area (Å²) in [6, 6.07) is 15.0. The molecule has 1 aliphatic rings. The predicted molar refractivity (Wildman–Crippen MR) is 122 cm³/mol. The highest BCUT2D eigenvalue weighted by atomic mass is 16.5. The molecule has 0 bridgehead atoms. The molecule has 2 aromatic carbocycles. The Labute approximate surface area is 182 Å². The summed E-state index contributed by atoms with van der Waals surface area (Å²) in [5.41, 5.74) is 2.61. The lowest BCUT2D eigenvalue weighted by Gasteiger charge is -2.27. The summed E-state index contributed by atoms with van der Waals surface area (Å²) >= 11 is 0. The molecule has 0 spiro atoms. The zero-order chi connectivity index (χ0) is 21.8. The lowest BCUT2D eigenvalue weighted by atomic mass is 10.1. The highest BCUT2D eigenvalue weighted by Crippen LogP contribution is 2.24. The van der Waals surface area contributed by atoms with Gasteiger partial charge in [-0.2, -0.15) is 0 Å². The highest BCUT2D eigenvalue weighted by molar-refractivity contribution is 6.07. The maximum absolute atomic E-state index is 13.4. The monoisotopic (exact) mass is 417 g/mol. The Kier molecular flexibility index (Phi) is 6.07. The van der Waals surface area contributed by atoms with Gasteiger partial charge in [0.15, 0.2) is 0 Å². The average molecular weight is 418 g/mol. The fourth-order valence-corrected chi connectivity index (χ4v) is 4.08. The second-order valence-electron chi connectivity index (χ2n) is 7.78. The van der Waals surface area contributed by atoms with Crippen LogP contribution in [0.2, 0.25) is 0 Å². The van der Waals surface area contributed by atoms with Gasteiger partial charge in [0.05, 0.1) is 12.7 Å². The summed E-state index contributed by atoms with van der Waals surface area (Å²) in [5, 5.41) is 3.90. The zero-order valence-electron chi connectivity index (χ0n) is 17.9. The normalized spacial score (nSPS) is 14.5. The second kappa shape index (κ2) is 9.08. The van der Waals surface area contributed by atoms with Crippen molar-refractivity contribution in [2.24, 2.45) is 7.05 Å². The number of rotatable bonds is 5. The molecule has 1 fully saturated rings.